The molecule has 0 fully saturated rings. The largest absolute Gasteiger partial charge is 0.327 e. The number of alkyl halides is 1. The van der Waals surface area contributed by atoms with Crippen LogP contribution in [0.1, 0.15) is 38.6 Å². The average Bonchev–Trinajstić information content (AvgIpc) is 2.65. The zero-order chi connectivity index (χ0) is 13.3. The summed E-state index contributed by atoms with van der Waals surface area (Å²) < 4.78 is 2.26. The molecule has 0 atom stereocenters. The predicted molar refractivity (Wildman–Crippen MR) is 78.1 cm³/mol. The van der Waals surface area contributed by atoms with Gasteiger partial charge in [-0.05, 0) is 30.4 Å². The second-order valence-electron chi connectivity index (χ2n) is 6.07. The lowest BCUT2D eigenvalue weighted by atomic mass is 9.92. The Morgan fingerprint density at radius 3 is 2.61 bits per heavy atom. The molecule has 2 aromatic rings. The highest BCUT2D eigenvalue weighted by atomic mass is 35.5. The SMILES string of the molecule is Cc1cccc2c1nc(CCl)n2CCC(C)(C)C. The first-order valence-electron chi connectivity index (χ1n) is 6.43. The first-order chi connectivity index (χ1) is 8.42. The zero-order valence-electron chi connectivity index (χ0n) is 11.6. The van der Waals surface area contributed by atoms with Crippen molar-refractivity contribution >= 4 is 22.6 Å². The number of hydrogen-bond acceptors (Lipinski definition) is 1. The molecule has 0 saturated carbocycles. The molecule has 18 heavy (non-hydrogen) atoms. The Labute approximate surface area is 114 Å². The van der Waals surface area contributed by atoms with Crippen LogP contribution in [-0.4, -0.2) is 9.55 Å². The third-order valence-corrected chi connectivity index (χ3v) is 3.50. The van der Waals surface area contributed by atoms with Gasteiger partial charge in [-0.3, -0.25) is 0 Å². The van der Waals surface area contributed by atoms with E-state index in [0.29, 0.717) is 11.3 Å². The van der Waals surface area contributed by atoms with E-state index < -0.39 is 0 Å². The number of rotatable bonds is 3. The third kappa shape index (κ3) is 2.69. The maximum Gasteiger partial charge on any atom is 0.124 e. The van der Waals surface area contributed by atoms with E-state index in [2.05, 4.69) is 55.4 Å². The Hall–Kier alpha value is -1.02. The van der Waals surface area contributed by atoms with Crippen molar-refractivity contribution in [1.29, 1.82) is 0 Å². The van der Waals surface area contributed by atoms with Crippen molar-refractivity contribution in [2.75, 3.05) is 0 Å². The van der Waals surface area contributed by atoms with Gasteiger partial charge in [0.15, 0.2) is 0 Å². The van der Waals surface area contributed by atoms with Crippen LogP contribution >= 0.6 is 11.6 Å². The number of aromatic nitrogens is 2. The van der Waals surface area contributed by atoms with Crippen molar-refractivity contribution in [1.82, 2.24) is 9.55 Å². The van der Waals surface area contributed by atoms with E-state index in [-0.39, 0.29) is 0 Å². The lowest BCUT2D eigenvalue weighted by molar-refractivity contribution is 0.351. The normalized spacial score (nSPS) is 12.3. The lowest BCUT2D eigenvalue weighted by Crippen LogP contribution is -2.11. The molecule has 3 heteroatoms. The predicted octanol–water partition coefficient (Wildman–Crippen LogP) is 4.52. The Bertz CT molecular complexity index is 549. The summed E-state index contributed by atoms with van der Waals surface area (Å²) in [5, 5.41) is 0. The fourth-order valence-corrected chi connectivity index (χ4v) is 2.34. The fourth-order valence-electron chi connectivity index (χ4n) is 2.13. The first-order valence-corrected chi connectivity index (χ1v) is 6.96. The maximum absolute atomic E-state index is 6.02. The summed E-state index contributed by atoms with van der Waals surface area (Å²) in [6.45, 7) is 9.86. The average molecular weight is 265 g/mol. The van der Waals surface area contributed by atoms with Crippen LogP contribution in [0.15, 0.2) is 18.2 Å². The highest BCUT2D eigenvalue weighted by molar-refractivity contribution is 6.16. The van der Waals surface area contributed by atoms with Gasteiger partial charge in [-0.2, -0.15) is 0 Å². The highest BCUT2D eigenvalue weighted by Crippen LogP contribution is 2.25. The van der Waals surface area contributed by atoms with Crippen LogP contribution in [0.5, 0.6) is 0 Å². The van der Waals surface area contributed by atoms with E-state index in [1.54, 1.807) is 0 Å². The van der Waals surface area contributed by atoms with Crippen LogP contribution in [0.2, 0.25) is 0 Å². The molecule has 0 aliphatic carbocycles. The van der Waals surface area contributed by atoms with Crippen molar-refractivity contribution in [3.63, 3.8) is 0 Å². The number of benzene rings is 1. The molecule has 0 aliphatic heterocycles. The van der Waals surface area contributed by atoms with Gasteiger partial charge in [0, 0.05) is 6.54 Å². The van der Waals surface area contributed by atoms with Crippen LogP contribution in [-0.2, 0) is 12.4 Å². The molecule has 0 radical (unpaired) electrons. The number of halogens is 1. The lowest BCUT2D eigenvalue weighted by Gasteiger charge is -2.19. The number of aryl methyl sites for hydroxylation is 2. The molecule has 0 amide bonds. The highest BCUT2D eigenvalue weighted by Gasteiger charge is 2.15. The monoisotopic (exact) mass is 264 g/mol. The van der Waals surface area contributed by atoms with E-state index in [1.165, 1.54) is 11.1 Å². The number of hydrogen-bond donors (Lipinski definition) is 0. The van der Waals surface area contributed by atoms with Crippen LogP contribution in [0.4, 0.5) is 0 Å². The Morgan fingerprint density at radius 2 is 2.00 bits per heavy atom. The van der Waals surface area contributed by atoms with Gasteiger partial charge in [0.25, 0.3) is 0 Å². The molecule has 0 bridgehead atoms. The van der Waals surface area contributed by atoms with Gasteiger partial charge in [-0.15, -0.1) is 11.6 Å². The van der Waals surface area contributed by atoms with Gasteiger partial charge in [0.1, 0.15) is 5.82 Å². The summed E-state index contributed by atoms with van der Waals surface area (Å²) in [5.41, 5.74) is 3.83. The Kier molecular flexibility index (Phi) is 3.67. The van der Waals surface area contributed by atoms with Gasteiger partial charge in [-0.1, -0.05) is 32.9 Å². The van der Waals surface area contributed by atoms with Gasteiger partial charge in [-0.25, -0.2) is 4.98 Å². The summed E-state index contributed by atoms with van der Waals surface area (Å²) in [4.78, 5) is 4.66. The summed E-state index contributed by atoms with van der Waals surface area (Å²) in [6.07, 6.45) is 1.12. The topological polar surface area (TPSA) is 17.8 Å². The van der Waals surface area contributed by atoms with Crippen LogP contribution < -0.4 is 0 Å². The van der Waals surface area contributed by atoms with Crippen LogP contribution in [0.3, 0.4) is 0 Å². The minimum absolute atomic E-state index is 0.323. The molecule has 1 aromatic carbocycles. The number of imidazole rings is 1. The van der Waals surface area contributed by atoms with Crippen LogP contribution in [0.25, 0.3) is 11.0 Å². The van der Waals surface area contributed by atoms with E-state index in [1.807, 2.05) is 0 Å². The second-order valence-corrected chi connectivity index (χ2v) is 6.33. The van der Waals surface area contributed by atoms with Crippen molar-refractivity contribution in [3.8, 4) is 0 Å². The minimum Gasteiger partial charge on any atom is -0.327 e. The molecular formula is C15H21ClN2. The van der Waals surface area contributed by atoms with Crippen LogP contribution in [0, 0.1) is 12.3 Å². The molecule has 2 nitrogen and oxygen atoms in total. The van der Waals surface area contributed by atoms with Crippen molar-refractivity contribution in [2.24, 2.45) is 5.41 Å². The van der Waals surface area contributed by atoms with E-state index in [0.717, 1.165) is 24.3 Å². The Morgan fingerprint density at radius 1 is 1.28 bits per heavy atom. The quantitative estimate of drug-likeness (QED) is 0.746. The number of fused-ring (bicyclic) bond motifs is 1. The van der Waals surface area contributed by atoms with Gasteiger partial charge in [0.2, 0.25) is 0 Å². The van der Waals surface area contributed by atoms with Gasteiger partial charge >= 0.3 is 0 Å². The Balaban J connectivity index is 2.44. The molecular weight excluding hydrogens is 244 g/mol. The van der Waals surface area contributed by atoms with E-state index in [4.69, 9.17) is 11.6 Å². The standard InChI is InChI=1S/C15H21ClN2/c1-11-6-5-7-12-14(11)17-13(10-16)18(12)9-8-15(2,3)4/h5-7H,8-10H2,1-4H3. The number of nitrogens with zero attached hydrogens (tertiary/aromatic N) is 2. The molecule has 1 heterocycles. The molecule has 0 aliphatic rings. The smallest absolute Gasteiger partial charge is 0.124 e. The first kappa shape index (κ1) is 13.4. The molecule has 0 spiro atoms. The summed E-state index contributed by atoms with van der Waals surface area (Å²) in [7, 11) is 0. The van der Waals surface area contributed by atoms with Gasteiger partial charge < -0.3 is 4.57 Å². The van der Waals surface area contributed by atoms with Crippen molar-refractivity contribution < 1.29 is 0 Å². The molecule has 1 aromatic heterocycles. The van der Waals surface area contributed by atoms with Crippen molar-refractivity contribution in [3.05, 3.63) is 29.6 Å². The fraction of sp³-hybridized carbons (Fsp3) is 0.533. The molecule has 0 unspecified atom stereocenters. The van der Waals surface area contributed by atoms with E-state index in [9.17, 15) is 0 Å². The van der Waals surface area contributed by atoms with E-state index >= 15 is 0 Å². The molecule has 2 rings (SSSR count). The minimum atomic E-state index is 0.323. The summed E-state index contributed by atoms with van der Waals surface area (Å²) in [5.74, 6) is 1.45. The van der Waals surface area contributed by atoms with Gasteiger partial charge in [0.05, 0.1) is 16.9 Å². The molecule has 0 N–H and O–H groups in total. The third-order valence-electron chi connectivity index (χ3n) is 3.26. The summed E-state index contributed by atoms with van der Waals surface area (Å²) in [6, 6.07) is 6.32. The van der Waals surface area contributed by atoms with Crippen molar-refractivity contribution in [2.45, 2.75) is 46.5 Å². The second kappa shape index (κ2) is 4.93. The molecule has 0 saturated heterocycles. The summed E-state index contributed by atoms with van der Waals surface area (Å²) >= 11 is 6.02. The molecule has 98 valence electrons. The zero-order valence-corrected chi connectivity index (χ0v) is 12.4. The number of para-hydroxylation sites is 1. The maximum atomic E-state index is 6.02.